The largest absolute Gasteiger partial charge is 0.333 e. The van der Waals surface area contributed by atoms with Crippen molar-refractivity contribution in [3.63, 3.8) is 0 Å². The first kappa shape index (κ1) is 18.2. The SMILES string of the molecule is C[C@H]1C(=O)N(CN2CCN(Cc3cccs3)CC2)C(=O)N1c1ccccc1. The second-order valence-corrected chi connectivity index (χ2v) is 8.08. The van der Waals surface area contributed by atoms with Gasteiger partial charge in [-0.15, -0.1) is 11.3 Å². The minimum Gasteiger partial charge on any atom is -0.296 e. The molecular weight excluding hydrogens is 360 g/mol. The van der Waals surface area contributed by atoms with E-state index < -0.39 is 6.04 Å². The number of piperazine rings is 1. The van der Waals surface area contributed by atoms with E-state index in [0.29, 0.717) is 6.67 Å². The number of nitrogens with zero attached hydrogens (tertiary/aromatic N) is 4. The third-order valence-electron chi connectivity index (χ3n) is 5.25. The molecule has 0 spiro atoms. The van der Waals surface area contributed by atoms with Crippen LogP contribution in [0.2, 0.25) is 0 Å². The quantitative estimate of drug-likeness (QED) is 0.744. The molecule has 3 amide bonds. The Hall–Kier alpha value is -2.22. The van der Waals surface area contributed by atoms with Crippen molar-refractivity contribution in [1.82, 2.24) is 14.7 Å². The number of urea groups is 1. The number of imide groups is 1. The molecule has 0 aliphatic carbocycles. The molecule has 4 rings (SSSR count). The smallest absolute Gasteiger partial charge is 0.296 e. The van der Waals surface area contributed by atoms with Crippen LogP contribution in [-0.2, 0) is 11.3 Å². The average molecular weight is 385 g/mol. The number of hydrogen-bond acceptors (Lipinski definition) is 5. The lowest BCUT2D eigenvalue weighted by Crippen LogP contribution is -2.51. The van der Waals surface area contributed by atoms with Gasteiger partial charge in [0.25, 0.3) is 5.91 Å². The molecule has 2 saturated heterocycles. The third-order valence-corrected chi connectivity index (χ3v) is 6.11. The van der Waals surface area contributed by atoms with Gasteiger partial charge >= 0.3 is 6.03 Å². The van der Waals surface area contributed by atoms with Crippen LogP contribution in [0, 0.1) is 0 Å². The van der Waals surface area contributed by atoms with Crippen LogP contribution < -0.4 is 4.90 Å². The number of benzene rings is 1. The molecule has 1 aromatic heterocycles. The van der Waals surface area contributed by atoms with Crippen LogP contribution in [-0.4, -0.2) is 65.5 Å². The van der Waals surface area contributed by atoms with Gasteiger partial charge in [-0.1, -0.05) is 24.3 Å². The zero-order chi connectivity index (χ0) is 18.8. The van der Waals surface area contributed by atoms with Crippen LogP contribution in [0.15, 0.2) is 47.8 Å². The van der Waals surface area contributed by atoms with Gasteiger partial charge < -0.3 is 0 Å². The fourth-order valence-corrected chi connectivity index (χ4v) is 4.44. The topological polar surface area (TPSA) is 47.1 Å². The van der Waals surface area contributed by atoms with Gasteiger partial charge in [0, 0.05) is 43.3 Å². The van der Waals surface area contributed by atoms with Crippen molar-refractivity contribution in [3.8, 4) is 0 Å². The molecule has 27 heavy (non-hydrogen) atoms. The van der Waals surface area contributed by atoms with Gasteiger partial charge in [-0.25, -0.2) is 9.69 Å². The van der Waals surface area contributed by atoms with Crippen molar-refractivity contribution in [2.75, 3.05) is 37.7 Å². The lowest BCUT2D eigenvalue weighted by molar-refractivity contribution is -0.128. The summed E-state index contributed by atoms with van der Waals surface area (Å²) in [5.74, 6) is -0.120. The summed E-state index contributed by atoms with van der Waals surface area (Å²) in [5.41, 5.74) is 0.770. The molecule has 1 atom stereocenters. The number of thiophene rings is 1. The number of hydrogen-bond donors (Lipinski definition) is 0. The number of rotatable bonds is 5. The first-order valence-corrected chi connectivity index (χ1v) is 10.2. The van der Waals surface area contributed by atoms with E-state index in [9.17, 15) is 9.59 Å². The Bertz CT molecular complexity index is 788. The molecular formula is C20H24N4O2S. The molecule has 7 heteroatoms. The summed E-state index contributed by atoms with van der Waals surface area (Å²) in [6, 6.07) is 13.0. The van der Waals surface area contributed by atoms with Crippen LogP contribution in [0.25, 0.3) is 0 Å². The predicted octanol–water partition coefficient (Wildman–Crippen LogP) is 2.68. The molecule has 0 radical (unpaired) electrons. The van der Waals surface area contributed by atoms with Crippen molar-refractivity contribution in [2.24, 2.45) is 0 Å². The standard InChI is InChI=1S/C20H24N4O2S/c1-16-19(25)23(20(26)24(16)17-6-3-2-4-7-17)15-22-11-9-21(10-12-22)14-18-8-5-13-27-18/h2-8,13,16H,9-12,14-15H2,1H3/t16-/m0/s1. The molecule has 1 aromatic carbocycles. The van der Waals surface area contributed by atoms with Gasteiger partial charge in [-0.2, -0.15) is 0 Å². The zero-order valence-electron chi connectivity index (χ0n) is 15.5. The highest BCUT2D eigenvalue weighted by Gasteiger charge is 2.43. The first-order valence-electron chi connectivity index (χ1n) is 9.30. The van der Waals surface area contributed by atoms with Crippen molar-refractivity contribution in [1.29, 1.82) is 0 Å². The molecule has 2 aliphatic heterocycles. The van der Waals surface area contributed by atoms with Gasteiger partial charge in [0.1, 0.15) is 6.04 Å². The maximum atomic E-state index is 12.9. The highest BCUT2D eigenvalue weighted by atomic mass is 32.1. The van der Waals surface area contributed by atoms with Crippen molar-refractivity contribution in [3.05, 3.63) is 52.7 Å². The molecule has 0 N–H and O–H groups in total. The molecule has 2 aromatic rings. The van der Waals surface area contributed by atoms with Crippen LogP contribution in [0.4, 0.5) is 10.5 Å². The van der Waals surface area contributed by atoms with Crippen LogP contribution in [0.1, 0.15) is 11.8 Å². The first-order chi connectivity index (χ1) is 13.1. The van der Waals surface area contributed by atoms with E-state index in [1.807, 2.05) is 30.3 Å². The van der Waals surface area contributed by atoms with E-state index in [0.717, 1.165) is 38.4 Å². The van der Waals surface area contributed by atoms with Gasteiger partial charge in [-0.3, -0.25) is 19.5 Å². The van der Waals surface area contributed by atoms with E-state index in [-0.39, 0.29) is 11.9 Å². The van der Waals surface area contributed by atoms with Crippen molar-refractivity contribution >= 4 is 29.0 Å². The number of anilines is 1. The molecule has 2 aliphatic rings. The Morgan fingerprint density at radius 1 is 0.963 bits per heavy atom. The van der Waals surface area contributed by atoms with Gasteiger partial charge in [0.2, 0.25) is 0 Å². The summed E-state index contributed by atoms with van der Waals surface area (Å²) in [7, 11) is 0. The normalized spacial score (nSPS) is 22.0. The molecule has 3 heterocycles. The summed E-state index contributed by atoms with van der Waals surface area (Å²) < 4.78 is 0. The van der Waals surface area contributed by atoms with E-state index in [2.05, 4.69) is 27.3 Å². The number of carbonyl (C=O) groups is 2. The Morgan fingerprint density at radius 2 is 1.67 bits per heavy atom. The summed E-state index contributed by atoms with van der Waals surface area (Å²) in [4.78, 5) is 34.5. The minimum atomic E-state index is -0.458. The molecule has 6 nitrogen and oxygen atoms in total. The second kappa shape index (κ2) is 7.80. The molecule has 0 saturated carbocycles. The third kappa shape index (κ3) is 3.76. The summed E-state index contributed by atoms with van der Waals surface area (Å²) in [6.45, 7) is 6.78. The maximum absolute atomic E-state index is 12.9. The lowest BCUT2D eigenvalue weighted by atomic mass is 10.2. The summed E-state index contributed by atoms with van der Waals surface area (Å²) in [5, 5.41) is 2.11. The zero-order valence-corrected chi connectivity index (χ0v) is 16.3. The monoisotopic (exact) mass is 384 g/mol. The Kier molecular flexibility index (Phi) is 5.24. The molecule has 2 fully saturated rings. The van der Waals surface area contributed by atoms with Crippen LogP contribution >= 0.6 is 11.3 Å². The van der Waals surface area contributed by atoms with E-state index >= 15 is 0 Å². The Labute approximate surface area is 163 Å². The fraction of sp³-hybridized carbons (Fsp3) is 0.400. The minimum absolute atomic E-state index is 0.120. The summed E-state index contributed by atoms with van der Waals surface area (Å²) in [6.07, 6.45) is 0. The highest BCUT2D eigenvalue weighted by molar-refractivity contribution is 7.09. The number of carbonyl (C=O) groups excluding carboxylic acids is 2. The van der Waals surface area contributed by atoms with E-state index in [1.165, 1.54) is 9.78 Å². The van der Waals surface area contributed by atoms with Crippen LogP contribution in [0.3, 0.4) is 0 Å². The van der Waals surface area contributed by atoms with Crippen LogP contribution in [0.5, 0.6) is 0 Å². The predicted molar refractivity (Wildman–Crippen MR) is 107 cm³/mol. The van der Waals surface area contributed by atoms with Gasteiger partial charge in [0.15, 0.2) is 0 Å². The summed E-state index contributed by atoms with van der Waals surface area (Å²) >= 11 is 1.78. The fourth-order valence-electron chi connectivity index (χ4n) is 3.69. The molecule has 142 valence electrons. The van der Waals surface area contributed by atoms with Gasteiger partial charge in [-0.05, 0) is 30.5 Å². The lowest BCUT2D eigenvalue weighted by Gasteiger charge is -2.35. The molecule has 0 unspecified atom stereocenters. The van der Waals surface area contributed by atoms with Gasteiger partial charge in [0.05, 0.1) is 6.67 Å². The maximum Gasteiger partial charge on any atom is 0.333 e. The van der Waals surface area contributed by atoms with E-state index in [4.69, 9.17) is 0 Å². The second-order valence-electron chi connectivity index (χ2n) is 7.05. The van der Waals surface area contributed by atoms with Crippen molar-refractivity contribution < 1.29 is 9.59 Å². The average Bonchev–Trinajstić information content (AvgIpc) is 3.27. The number of amides is 3. The Balaban J connectivity index is 1.36. The van der Waals surface area contributed by atoms with E-state index in [1.54, 1.807) is 23.2 Å². The number of para-hydroxylation sites is 1. The highest BCUT2D eigenvalue weighted by Crippen LogP contribution is 2.25. The Morgan fingerprint density at radius 3 is 2.33 bits per heavy atom. The van der Waals surface area contributed by atoms with Crippen molar-refractivity contribution in [2.45, 2.75) is 19.5 Å². The molecule has 0 bridgehead atoms.